The SMILES string of the molecule is CC1CC(C)CC(OC(=O)C2Cc3ccccc3CN2)C1. The Morgan fingerprint density at radius 2 is 1.76 bits per heavy atom. The molecule has 3 unspecified atom stereocenters. The molecule has 0 spiro atoms. The molecule has 2 aliphatic rings. The molecular formula is C18H25NO2. The highest BCUT2D eigenvalue weighted by molar-refractivity contribution is 5.77. The Bertz CT molecular complexity index is 504. The fourth-order valence-corrected chi connectivity index (χ4v) is 3.84. The van der Waals surface area contributed by atoms with Gasteiger partial charge in [0, 0.05) is 6.54 Å². The van der Waals surface area contributed by atoms with Crippen LogP contribution in [0.5, 0.6) is 0 Å². The zero-order chi connectivity index (χ0) is 14.8. The Kier molecular flexibility index (Phi) is 4.29. The van der Waals surface area contributed by atoms with Crippen molar-refractivity contribution in [3.05, 3.63) is 35.4 Å². The van der Waals surface area contributed by atoms with Gasteiger partial charge in [-0.05, 0) is 48.6 Å². The van der Waals surface area contributed by atoms with Gasteiger partial charge in [-0.25, -0.2) is 0 Å². The normalized spacial score (nSPS) is 32.3. The molecule has 1 heterocycles. The van der Waals surface area contributed by atoms with Crippen molar-refractivity contribution in [2.24, 2.45) is 11.8 Å². The van der Waals surface area contributed by atoms with Crippen LogP contribution in [-0.2, 0) is 22.5 Å². The molecule has 3 atom stereocenters. The monoisotopic (exact) mass is 287 g/mol. The van der Waals surface area contributed by atoms with E-state index in [4.69, 9.17) is 4.74 Å². The number of hydrogen-bond acceptors (Lipinski definition) is 3. The van der Waals surface area contributed by atoms with Gasteiger partial charge in [0.25, 0.3) is 0 Å². The van der Waals surface area contributed by atoms with Gasteiger partial charge in [-0.1, -0.05) is 38.1 Å². The molecule has 1 fully saturated rings. The zero-order valence-electron chi connectivity index (χ0n) is 13.0. The standard InChI is InChI=1S/C18H25NO2/c1-12-7-13(2)9-16(8-12)21-18(20)17-10-14-5-3-4-6-15(14)11-19-17/h3-6,12-13,16-17,19H,7-11H2,1-2H3. The van der Waals surface area contributed by atoms with Gasteiger partial charge in [-0.15, -0.1) is 0 Å². The summed E-state index contributed by atoms with van der Waals surface area (Å²) in [5.74, 6) is 1.24. The third-order valence-electron chi connectivity index (χ3n) is 4.78. The van der Waals surface area contributed by atoms with Crippen molar-refractivity contribution in [2.45, 2.75) is 58.2 Å². The van der Waals surface area contributed by atoms with Crippen LogP contribution in [0.3, 0.4) is 0 Å². The molecule has 3 rings (SSSR count). The Hall–Kier alpha value is -1.35. The number of nitrogens with one attached hydrogen (secondary N) is 1. The maximum absolute atomic E-state index is 12.4. The maximum Gasteiger partial charge on any atom is 0.323 e. The van der Waals surface area contributed by atoms with E-state index >= 15 is 0 Å². The lowest BCUT2D eigenvalue weighted by molar-refractivity contribution is -0.154. The van der Waals surface area contributed by atoms with Gasteiger partial charge in [0.05, 0.1) is 0 Å². The van der Waals surface area contributed by atoms with Crippen LogP contribution >= 0.6 is 0 Å². The second-order valence-electron chi connectivity index (χ2n) is 6.88. The van der Waals surface area contributed by atoms with E-state index < -0.39 is 0 Å². The first-order valence-corrected chi connectivity index (χ1v) is 8.12. The number of rotatable bonds is 2. The van der Waals surface area contributed by atoms with Crippen molar-refractivity contribution in [2.75, 3.05) is 0 Å². The van der Waals surface area contributed by atoms with E-state index in [1.54, 1.807) is 0 Å². The predicted octanol–water partition coefficient (Wildman–Crippen LogP) is 3.07. The highest BCUT2D eigenvalue weighted by atomic mass is 16.5. The average Bonchev–Trinajstić information content (AvgIpc) is 2.45. The first-order chi connectivity index (χ1) is 10.1. The van der Waals surface area contributed by atoms with Crippen LogP contribution in [0.1, 0.15) is 44.2 Å². The minimum atomic E-state index is -0.188. The van der Waals surface area contributed by atoms with Crippen LogP contribution in [0.2, 0.25) is 0 Å². The minimum Gasteiger partial charge on any atom is -0.461 e. The molecule has 114 valence electrons. The van der Waals surface area contributed by atoms with Gasteiger partial charge in [0.15, 0.2) is 0 Å². The van der Waals surface area contributed by atoms with Gasteiger partial charge in [0.2, 0.25) is 0 Å². The molecule has 0 radical (unpaired) electrons. The summed E-state index contributed by atoms with van der Waals surface area (Å²) >= 11 is 0. The van der Waals surface area contributed by atoms with Crippen LogP contribution in [0.4, 0.5) is 0 Å². The summed E-state index contributed by atoms with van der Waals surface area (Å²) in [6.07, 6.45) is 4.13. The topological polar surface area (TPSA) is 38.3 Å². The van der Waals surface area contributed by atoms with Crippen LogP contribution in [0.15, 0.2) is 24.3 Å². The van der Waals surface area contributed by atoms with E-state index in [2.05, 4.69) is 31.3 Å². The molecule has 1 saturated carbocycles. The van der Waals surface area contributed by atoms with Crippen molar-refractivity contribution < 1.29 is 9.53 Å². The van der Waals surface area contributed by atoms with E-state index in [-0.39, 0.29) is 18.1 Å². The number of carbonyl (C=O) groups excluding carboxylic acids is 1. The molecule has 3 heteroatoms. The second kappa shape index (κ2) is 6.18. The molecular weight excluding hydrogens is 262 g/mol. The van der Waals surface area contributed by atoms with E-state index in [9.17, 15) is 4.79 Å². The highest BCUT2D eigenvalue weighted by Gasteiger charge is 2.30. The molecule has 1 aromatic carbocycles. The van der Waals surface area contributed by atoms with E-state index in [0.29, 0.717) is 11.8 Å². The van der Waals surface area contributed by atoms with Gasteiger partial charge >= 0.3 is 5.97 Å². The molecule has 3 nitrogen and oxygen atoms in total. The summed E-state index contributed by atoms with van der Waals surface area (Å²) in [5, 5.41) is 3.31. The maximum atomic E-state index is 12.4. The summed E-state index contributed by atoms with van der Waals surface area (Å²) in [4.78, 5) is 12.4. The van der Waals surface area contributed by atoms with Crippen molar-refractivity contribution in [3.8, 4) is 0 Å². The fourth-order valence-electron chi connectivity index (χ4n) is 3.84. The van der Waals surface area contributed by atoms with E-state index in [1.807, 2.05) is 12.1 Å². The van der Waals surface area contributed by atoms with E-state index in [1.165, 1.54) is 17.5 Å². The van der Waals surface area contributed by atoms with Gasteiger partial charge in [-0.2, -0.15) is 0 Å². The molecule has 1 aliphatic carbocycles. The van der Waals surface area contributed by atoms with Crippen molar-refractivity contribution in [3.63, 3.8) is 0 Å². The quantitative estimate of drug-likeness (QED) is 0.850. The third-order valence-corrected chi connectivity index (χ3v) is 4.78. The van der Waals surface area contributed by atoms with E-state index in [0.717, 1.165) is 25.8 Å². The Balaban J connectivity index is 1.59. The minimum absolute atomic E-state index is 0.0733. The average molecular weight is 287 g/mol. The second-order valence-corrected chi connectivity index (χ2v) is 6.88. The molecule has 1 aromatic rings. The predicted molar refractivity (Wildman–Crippen MR) is 82.8 cm³/mol. The van der Waals surface area contributed by atoms with Crippen LogP contribution in [0, 0.1) is 11.8 Å². The number of fused-ring (bicyclic) bond motifs is 1. The Morgan fingerprint density at radius 1 is 1.10 bits per heavy atom. The number of hydrogen-bond donors (Lipinski definition) is 1. The first kappa shape index (κ1) is 14.6. The molecule has 1 N–H and O–H groups in total. The highest BCUT2D eigenvalue weighted by Crippen LogP contribution is 2.30. The molecule has 21 heavy (non-hydrogen) atoms. The molecule has 0 amide bonds. The molecule has 0 bridgehead atoms. The van der Waals surface area contributed by atoms with Gasteiger partial charge in [0.1, 0.15) is 12.1 Å². The molecule has 0 saturated heterocycles. The molecule has 0 aromatic heterocycles. The lowest BCUT2D eigenvalue weighted by Gasteiger charge is -2.33. The van der Waals surface area contributed by atoms with Gasteiger partial charge in [-0.3, -0.25) is 4.79 Å². The smallest absolute Gasteiger partial charge is 0.323 e. The molecule has 1 aliphatic heterocycles. The summed E-state index contributed by atoms with van der Waals surface area (Å²) < 4.78 is 5.79. The third kappa shape index (κ3) is 3.46. The first-order valence-electron chi connectivity index (χ1n) is 8.12. The van der Waals surface area contributed by atoms with Crippen LogP contribution < -0.4 is 5.32 Å². The van der Waals surface area contributed by atoms with Crippen molar-refractivity contribution >= 4 is 5.97 Å². The lowest BCUT2D eigenvalue weighted by atomic mass is 9.82. The lowest BCUT2D eigenvalue weighted by Crippen LogP contribution is -2.44. The van der Waals surface area contributed by atoms with Crippen LogP contribution in [-0.4, -0.2) is 18.1 Å². The summed E-state index contributed by atoms with van der Waals surface area (Å²) in [5.41, 5.74) is 2.56. The Morgan fingerprint density at radius 3 is 2.48 bits per heavy atom. The number of ether oxygens (including phenoxy) is 1. The van der Waals surface area contributed by atoms with Gasteiger partial charge < -0.3 is 10.1 Å². The fraction of sp³-hybridized carbons (Fsp3) is 0.611. The summed E-state index contributed by atoms with van der Waals surface area (Å²) in [6, 6.07) is 8.13. The summed E-state index contributed by atoms with van der Waals surface area (Å²) in [6.45, 7) is 5.27. The summed E-state index contributed by atoms with van der Waals surface area (Å²) in [7, 11) is 0. The number of carbonyl (C=O) groups is 1. The number of benzene rings is 1. The zero-order valence-corrected chi connectivity index (χ0v) is 13.0. The van der Waals surface area contributed by atoms with Crippen molar-refractivity contribution in [1.82, 2.24) is 5.32 Å². The van der Waals surface area contributed by atoms with Crippen LogP contribution in [0.25, 0.3) is 0 Å². The number of esters is 1. The van der Waals surface area contributed by atoms with Crippen molar-refractivity contribution in [1.29, 1.82) is 0 Å². The largest absolute Gasteiger partial charge is 0.461 e. The Labute approximate surface area is 127 Å².